The lowest BCUT2D eigenvalue weighted by molar-refractivity contribution is -0.165. The maximum absolute atomic E-state index is 13.0. The Balaban J connectivity index is 1.61. The van der Waals surface area contributed by atoms with Crippen molar-refractivity contribution in [2.45, 2.75) is 52.4 Å². The maximum Gasteiger partial charge on any atom is 0.232 e. The molecule has 1 aromatic rings. The molecule has 2 unspecified atom stereocenters. The molecule has 5 heteroatoms. The van der Waals surface area contributed by atoms with Gasteiger partial charge in [0, 0.05) is 0 Å². The summed E-state index contributed by atoms with van der Waals surface area (Å²) in [7, 11) is 0. The van der Waals surface area contributed by atoms with Gasteiger partial charge in [-0.3, -0.25) is 4.79 Å². The number of thiazole rings is 1. The van der Waals surface area contributed by atoms with E-state index in [1.165, 1.54) is 36.8 Å². The summed E-state index contributed by atoms with van der Waals surface area (Å²) < 4.78 is 0. The second-order valence-electron chi connectivity index (χ2n) is 8.51. The van der Waals surface area contributed by atoms with Crippen LogP contribution in [0.5, 0.6) is 0 Å². The minimum absolute atomic E-state index is 0.132. The fraction of sp³-hybridized carbons (Fsp3) is 0.706. The lowest BCUT2D eigenvalue weighted by Crippen LogP contribution is -2.58. The highest BCUT2D eigenvalue weighted by Crippen LogP contribution is 2.69. The largest absolute Gasteiger partial charge is 0.301 e. The summed E-state index contributed by atoms with van der Waals surface area (Å²) in [6.45, 7) is 4.74. The molecular weight excluding hydrogens is 294 g/mol. The monoisotopic (exact) mass is 315 g/mol. The standard InChI is InChI=1S/C17H21N3OS/c1-15-3-11-4-16(2,8-15)10-17(5-11,9-15)13(21)20-14-19-7-12(6-18)22-14/h7,11H,3-5,8-10H2,1-2H3,(H,19,20,21). The van der Waals surface area contributed by atoms with Crippen molar-refractivity contribution >= 4 is 22.4 Å². The van der Waals surface area contributed by atoms with Gasteiger partial charge in [0.15, 0.2) is 5.13 Å². The van der Waals surface area contributed by atoms with Crippen LogP contribution in [0.2, 0.25) is 0 Å². The topological polar surface area (TPSA) is 65.8 Å². The SMILES string of the molecule is CC12CC3CC(C)(C1)CC(C(=O)Nc1ncc(C#N)s1)(C3)C2. The fourth-order valence-corrected chi connectivity index (χ4v) is 6.92. The Morgan fingerprint density at radius 1 is 1.32 bits per heavy atom. The molecule has 0 saturated heterocycles. The van der Waals surface area contributed by atoms with Crippen LogP contribution in [-0.4, -0.2) is 10.9 Å². The Kier molecular flexibility index (Phi) is 2.79. The van der Waals surface area contributed by atoms with E-state index in [2.05, 4.69) is 30.2 Å². The van der Waals surface area contributed by atoms with E-state index in [1.807, 2.05) is 0 Å². The number of carbonyl (C=O) groups excluding carboxylic acids is 1. The van der Waals surface area contributed by atoms with Gasteiger partial charge in [0.05, 0.1) is 11.6 Å². The molecule has 0 spiro atoms. The van der Waals surface area contributed by atoms with Crippen molar-refractivity contribution in [3.63, 3.8) is 0 Å². The molecule has 116 valence electrons. The summed E-state index contributed by atoms with van der Waals surface area (Å²) in [5, 5.41) is 12.5. The highest BCUT2D eigenvalue weighted by Gasteiger charge is 2.62. The van der Waals surface area contributed by atoms with Crippen molar-refractivity contribution < 1.29 is 4.79 Å². The molecule has 0 aromatic carbocycles. The quantitative estimate of drug-likeness (QED) is 0.898. The van der Waals surface area contributed by atoms with Gasteiger partial charge in [0.1, 0.15) is 10.9 Å². The number of nitrogens with zero attached hydrogens (tertiary/aromatic N) is 2. The van der Waals surface area contributed by atoms with Gasteiger partial charge in [0.2, 0.25) is 5.91 Å². The van der Waals surface area contributed by atoms with Crippen LogP contribution < -0.4 is 5.32 Å². The minimum atomic E-state index is -0.221. The van der Waals surface area contributed by atoms with Crippen LogP contribution in [-0.2, 0) is 4.79 Å². The molecule has 1 N–H and O–H groups in total. The van der Waals surface area contributed by atoms with E-state index in [1.54, 1.807) is 0 Å². The first-order valence-electron chi connectivity index (χ1n) is 8.01. The second kappa shape index (κ2) is 4.32. The summed E-state index contributed by atoms with van der Waals surface area (Å²) in [4.78, 5) is 17.7. The summed E-state index contributed by atoms with van der Waals surface area (Å²) in [5.74, 6) is 0.829. The molecule has 22 heavy (non-hydrogen) atoms. The predicted octanol–water partition coefficient (Wildman–Crippen LogP) is 3.95. The van der Waals surface area contributed by atoms with Crippen LogP contribution in [0.1, 0.15) is 57.2 Å². The highest BCUT2D eigenvalue weighted by atomic mass is 32.1. The summed E-state index contributed by atoms with van der Waals surface area (Å²) in [5.41, 5.74) is 0.430. The van der Waals surface area contributed by atoms with E-state index in [9.17, 15) is 4.79 Å². The summed E-state index contributed by atoms with van der Waals surface area (Å²) in [6.07, 6.45) is 8.41. The van der Waals surface area contributed by atoms with Crippen molar-refractivity contribution in [2.24, 2.45) is 22.2 Å². The lowest BCUT2D eigenvalue weighted by Gasteiger charge is -2.64. The second-order valence-corrected chi connectivity index (χ2v) is 9.54. The van der Waals surface area contributed by atoms with Crippen molar-refractivity contribution in [3.8, 4) is 6.07 Å². The van der Waals surface area contributed by atoms with Gasteiger partial charge in [-0.1, -0.05) is 25.2 Å². The van der Waals surface area contributed by atoms with Crippen LogP contribution in [0.3, 0.4) is 0 Å². The van der Waals surface area contributed by atoms with Crippen LogP contribution in [0.25, 0.3) is 0 Å². The molecule has 4 fully saturated rings. The normalized spacial score (nSPS) is 42.1. The third-order valence-corrected chi connectivity index (χ3v) is 6.76. The number of aromatic nitrogens is 1. The first-order valence-corrected chi connectivity index (χ1v) is 8.83. The van der Waals surface area contributed by atoms with Crippen LogP contribution in [0.4, 0.5) is 5.13 Å². The Labute approximate surface area is 134 Å². The van der Waals surface area contributed by atoms with E-state index in [0.717, 1.165) is 19.3 Å². The Morgan fingerprint density at radius 2 is 2.00 bits per heavy atom. The predicted molar refractivity (Wildman–Crippen MR) is 85.3 cm³/mol. The van der Waals surface area contributed by atoms with E-state index in [4.69, 9.17) is 5.26 Å². The zero-order valence-electron chi connectivity index (χ0n) is 13.1. The van der Waals surface area contributed by atoms with E-state index < -0.39 is 0 Å². The first kappa shape index (κ1) is 14.2. The van der Waals surface area contributed by atoms with Gasteiger partial charge >= 0.3 is 0 Å². The summed E-state index contributed by atoms with van der Waals surface area (Å²) in [6, 6.07) is 2.07. The van der Waals surface area contributed by atoms with Gasteiger partial charge in [0.25, 0.3) is 0 Å². The van der Waals surface area contributed by atoms with Crippen LogP contribution >= 0.6 is 11.3 Å². The first-order chi connectivity index (χ1) is 10.3. The van der Waals surface area contributed by atoms with Crippen LogP contribution in [0.15, 0.2) is 6.20 Å². The molecular formula is C17H21N3OS. The lowest BCUT2D eigenvalue weighted by atomic mass is 9.40. The molecule has 4 nitrogen and oxygen atoms in total. The molecule has 2 atom stereocenters. The summed E-state index contributed by atoms with van der Waals surface area (Å²) >= 11 is 1.26. The molecule has 4 saturated carbocycles. The van der Waals surface area contributed by atoms with Crippen LogP contribution in [0, 0.1) is 33.5 Å². The fourth-order valence-electron chi connectivity index (χ4n) is 6.31. The molecule has 5 rings (SSSR count). The molecule has 1 amide bonds. The molecule has 0 radical (unpaired) electrons. The van der Waals surface area contributed by atoms with Crippen molar-refractivity contribution in [1.29, 1.82) is 5.26 Å². The number of rotatable bonds is 2. The zero-order valence-corrected chi connectivity index (χ0v) is 13.9. The highest BCUT2D eigenvalue weighted by molar-refractivity contribution is 7.16. The number of amides is 1. The Hall–Kier alpha value is -1.41. The third-order valence-electron chi connectivity index (χ3n) is 5.94. The minimum Gasteiger partial charge on any atom is -0.301 e. The van der Waals surface area contributed by atoms with Gasteiger partial charge < -0.3 is 5.32 Å². The molecule has 4 aliphatic carbocycles. The van der Waals surface area contributed by atoms with Gasteiger partial charge in [-0.2, -0.15) is 5.26 Å². The molecule has 4 aliphatic rings. The smallest absolute Gasteiger partial charge is 0.232 e. The van der Waals surface area contributed by atoms with Crippen molar-refractivity contribution in [1.82, 2.24) is 4.98 Å². The van der Waals surface area contributed by atoms with Gasteiger partial charge in [-0.05, 0) is 55.3 Å². The third kappa shape index (κ3) is 2.08. The number of anilines is 1. The van der Waals surface area contributed by atoms with E-state index in [0.29, 0.717) is 26.8 Å². The molecule has 0 aliphatic heterocycles. The number of hydrogen-bond acceptors (Lipinski definition) is 4. The molecule has 4 bridgehead atoms. The number of hydrogen-bond donors (Lipinski definition) is 1. The number of carbonyl (C=O) groups is 1. The van der Waals surface area contributed by atoms with Crippen molar-refractivity contribution in [3.05, 3.63) is 11.1 Å². The Bertz CT molecular complexity index is 670. The van der Waals surface area contributed by atoms with Crippen molar-refractivity contribution in [2.75, 3.05) is 5.32 Å². The average Bonchev–Trinajstić information content (AvgIpc) is 2.82. The van der Waals surface area contributed by atoms with E-state index >= 15 is 0 Å². The van der Waals surface area contributed by atoms with E-state index in [-0.39, 0.29) is 11.3 Å². The molecule has 1 heterocycles. The zero-order chi connectivity index (χ0) is 15.6. The van der Waals surface area contributed by atoms with Gasteiger partial charge in [-0.25, -0.2) is 4.98 Å². The Morgan fingerprint density at radius 3 is 2.55 bits per heavy atom. The molecule has 1 aromatic heterocycles. The maximum atomic E-state index is 13.0. The average molecular weight is 315 g/mol. The van der Waals surface area contributed by atoms with Gasteiger partial charge in [-0.15, -0.1) is 0 Å². The number of nitrogens with one attached hydrogen (secondary N) is 1. The number of nitriles is 1.